The van der Waals surface area contributed by atoms with Gasteiger partial charge in [0.05, 0.1) is 17.9 Å². The van der Waals surface area contributed by atoms with Gasteiger partial charge in [-0.2, -0.15) is 0 Å². The normalized spacial score (nSPS) is 17.1. The van der Waals surface area contributed by atoms with Crippen molar-refractivity contribution in [2.75, 3.05) is 5.32 Å². The summed E-state index contributed by atoms with van der Waals surface area (Å²) in [4.78, 5) is 16.8. The van der Waals surface area contributed by atoms with E-state index in [0.29, 0.717) is 5.82 Å². The topological polar surface area (TPSA) is 98.7 Å². The number of amides is 1. The van der Waals surface area contributed by atoms with Crippen LogP contribution in [0.2, 0.25) is 0 Å². The average Bonchev–Trinajstić information content (AvgIpc) is 2.82. The first kappa shape index (κ1) is 17.5. The first-order valence-corrected chi connectivity index (χ1v) is 8.98. The summed E-state index contributed by atoms with van der Waals surface area (Å²) in [5.41, 5.74) is 7.06. The summed E-state index contributed by atoms with van der Waals surface area (Å²) in [5.74, 6) is 2.23. The summed E-state index contributed by atoms with van der Waals surface area (Å²) < 4.78 is 1.91. The van der Waals surface area contributed by atoms with Gasteiger partial charge in [0.25, 0.3) is 0 Å². The van der Waals surface area contributed by atoms with Crippen LogP contribution in [0.3, 0.4) is 0 Å². The van der Waals surface area contributed by atoms with E-state index in [0.717, 1.165) is 43.0 Å². The zero-order chi connectivity index (χ0) is 17.8. The van der Waals surface area contributed by atoms with E-state index in [1.165, 1.54) is 12.8 Å². The zero-order valence-corrected chi connectivity index (χ0v) is 14.9. The van der Waals surface area contributed by atoms with Crippen LogP contribution < -0.4 is 11.1 Å². The maximum absolute atomic E-state index is 12.4. The Morgan fingerprint density at radius 3 is 2.36 bits per heavy atom. The number of nitrogens with one attached hydrogen (secondary N) is 1. The van der Waals surface area contributed by atoms with E-state index >= 15 is 0 Å². The molecule has 0 radical (unpaired) electrons. The number of nitrogens with zero attached hydrogens (tertiary/aromatic N) is 4. The number of nitrogens with two attached hydrogens (primary N) is 1. The fraction of sp³-hybridized carbons (Fsp3) is 0.556. The highest BCUT2D eigenvalue weighted by Crippen LogP contribution is 2.25. The van der Waals surface area contributed by atoms with Crippen molar-refractivity contribution in [1.29, 1.82) is 0 Å². The molecule has 1 amide bonds. The van der Waals surface area contributed by atoms with E-state index < -0.39 is 6.04 Å². The molecule has 0 aromatic carbocycles. The van der Waals surface area contributed by atoms with Crippen molar-refractivity contribution < 1.29 is 4.79 Å². The molecule has 0 aliphatic heterocycles. The minimum atomic E-state index is -0.470. The lowest BCUT2D eigenvalue weighted by Gasteiger charge is -2.21. The third kappa shape index (κ3) is 4.04. The smallest absolute Gasteiger partial charge is 0.242 e. The lowest BCUT2D eigenvalue weighted by Crippen LogP contribution is -2.42. The van der Waals surface area contributed by atoms with Crippen LogP contribution >= 0.6 is 0 Å². The van der Waals surface area contributed by atoms with E-state index in [4.69, 9.17) is 5.73 Å². The lowest BCUT2D eigenvalue weighted by molar-refractivity contribution is -0.118. The van der Waals surface area contributed by atoms with Crippen LogP contribution in [-0.2, 0) is 4.79 Å². The van der Waals surface area contributed by atoms with Gasteiger partial charge in [0.15, 0.2) is 0 Å². The van der Waals surface area contributed by atoms with Crippen molar-refractivity contribution in [3.8, 4) is 5.69 Å². The SMILES string of the molecule is Cc1nnc(C)n1-c1ccc(NC(=O)[C@@H](N)C2CCCCCC2)nc1. The van der Waals surface area contributed by atoms with Crippen molar-refractivity contribution in [1.82, 2.24) is 19.7 Å². The first-order chi connectivity index (χ1) is 12.1. The van der Waals surface area contributed by atoms with Gasteiger partial charge in [-0.15, -0.1) is 10.2 Å². The Morgan fingerprint density at radius 2 is 1.80 bits per heavy atom. The predicted octanol–water partition coefficient (Wildman–Crippen LogP) is 2.52. The van der Waals surface area contributed by atoms with Crippen molar-refractivity contribution in [3.05, 3.63) is 30.0 Å². The molecule has 2 aromatic rings. The van der Waals surface area contributed by atoms with Gasteiger partial charge in [-0.25, -0.2) is 4.98 Å². The van der Waals surface area contributed by atoms with Crippen molar-refractivity contribution in [3.63, 3.8) is 0 Å². The monoisotopic (exact) mass is 342 g/mol. The third-order valence-corrected chi connectivity index (χ3v) is 4.95. The van der Waals surface area contributed by atoms with Gasteiger partial charge in [-0.3, -0.25) is 9.36 Å². The molecule has 0 unspecified atom stereocenters. The van der Waals surface area contributed by atoms with Crippen LogP contribution in [0.5, 0.6) is 0 Å². The van der Waals surface area contributed by atoms with Crippen LogP contribution in [0.15, 0.2) is 18.3 Å². The quantitative estimate of drug-likeness (QED) is 0.832. The Labute approximate surface area is 148 Å². The van der Waals surface area contributed by atoms with Crippen LogP contribution in [0, 0.1) is 19.8 Å². The van der Waals surface area contributed by atoms with Gasteiger partial charge in [-0.05, 0) is 44.7 Å². The van der Waals surface area contributed by atoms with Crippen LogP contribution in [0.4, 0.5) is 5.82 Å². The molecule has 1 aliphatic rings. The zero-order valence-electron chi connectivity index (χ0n) is 14.9. The number of anilines is 1. The highest BCUT2D eigenvalue weighted by molar-refractivity contribution is 5.94. The second-order valence-electron chi connectivity index (χ2n) is 6.80. The highest BCUT2D eigenvalue weighted by Gasteiger charge is 2.25. The number of hydrogen-bond acceptors (Lipinski definition) is 5. The minimum absolute atomic E-state index is 0.149. The molecular formula is C18H26N6O. The second-order valence-corrected chi connectivity index (χ2v) is 6.80. The fourth-order valence-electron chi connectivity index (χ4n) is 3.53. The molecule has 25 heavy (non-hydrogen) atoms. The summed E-state index contributed by atoms with van der Waals surface area (Å²) >= 11 is 0. The Balaban J connectivity index is 1.65. The summed E-state index contributed by atoms with van der Waals surface area (Å²) in [5, 5.41) is 10.9. The molecule has 0 saturated heterocycles. The fourth-order valence-corrected chi connectivity index (χ4v) is 3.53. The molecule has 3 N–H and O–H groups in total. The van der Waals surface area contributed by atoms with Crippen molar-refractivity contribution >= 4 is 11.7 Å². The molecule has 2 heterocycles. The molecular weight excluding hydrogens is 316 g/mol. The number of hydrogen-bond donors (Lipinski definition) is 2. The lowest BCUT2D eigenvalue weighted by atomic mass is 9.92. The van der Waals surface area contributed by atoms with E-state index in [-0.39, 0.29) is 11.8 Å². The summed E-state index contributed by atoms with van der Waals surface area (Å²) in [7, 11) is 0. The van der Waals surface area contributed by atoms with Crippen molar-refractivity contribution in [2.45, 2.75) is 58.4 Å². The van der Waals surface area contributed by atoms with E-state index in [9.17, 15) is 4.79 Å². The molecule has 1 atom stereocenters. The van der Waals surface area contributed by atoms with Gasteiger partial charge < -0.3 is 11.1 Å². The molecule has 1 aliphatic carbocycles. The van der Waals surface area contributed by atoms with Crippen molar-refractivity contribution in [2.24, 2.45) is 11.7 Å². The molecule has 1 fully saturated rings. The number of pyridine rings is 1. The van der Waals surface area contributed by atoms with Gasteiger partial charge in [0.1, 0.15) is 17.5 Å². The number of aryl methyl sites for hydroxylation is 2. The number of carbonyl (C=O) groups excluding carboxylic acids is 1. The average molecular weight is 342 g/mol. The predicted molar refractivity (Wildman–Crippen MR) is 96.4 cm³/mol. The second kappa shape index (κ2) is 7.74. The Hall–Kier alpha value is -2.28. The summed E-state index contributed by atoms with van der Waals surface area (Å²) in [6.45, 7) is 3.78. The maximum atomic E-state index is 12.4. The molecule has 3 rings (SSSR count). The maximum Gasteiger partial charge on any atom is 0.242 e. The summed E-state index contributed by atoms with van der Waals surface area (Å²) in [6, 6.07) is 3.21. The molecule has 7 heteroatoms. The number of carbonyl (C=O) groups is 1. The van der Waals surface area contributed by atoms with Crippen LogP contribution in [0.1, 0.15) is 50.2 Å². The molecule has 0 spiro atoms. The molecule has 2 aromatic heterocycles. The third-order valence-electron chi connectivity index (χ3n) is 4.95. The highest BCUT2D eigenvalue weighted by atomic mass is 16.2. The van der Waals surface area contributed by atoms with E-state index in [2.05, 4.69) is 20.5 Å². The standard InChI is InChI=1S/C18H26N6O/c1-12-22-23-13(2)24(12)15-9-10-16(20-11-15)21-18(25)17(19)14-7-5-3-4-6-8-14/h9-11,14,17H,3-8,19H2,1-2H3,(H,20,21,25)/t17-/m0/s1. The number of aromatic nitrogens is 4. The van der Waals surface area contributed by atoms with Crippen LogP contribution in [-0.4, -0.2) is 31.7 Å². The minimum Gasteiger partial charge on any atom is -0.320 e. The van der Waals surface area contributed by atoms with E-state index in [1.807, 2.05) is 24.5 Å². The van der Waals surface area contributed by atoms with Crippen LogP contribution in [0.25, 0.3) is 5.69 Å². The molecule has 134 valence electrons. The molecule has 0 bridgehead atoms. The largest absolute Gasteiger partial charge is 0.320 e. The van der Waals surface area contributed by atoms with Gasteiger partial charge in [0.2, 0.25) is 5.91 Å². The van der Waals surface area contributed by atoms with Gasteiger partial charge >= 0.3 is 0 Å². The van der Waals surface area contributed by atoms with Gasteiger partial charge in [0, 0.05) is 0 Å². The van der Waals surface area contributed by atoms with E-state index in [1.54, 1.807) is 12.3 Å². The Bertz CT molecular complexity index is 696. The molecule has 1 saturated carbocycles. The van der Waals surface area contributed by atoms with Gasteiger partial charge in [-0.1, -0.05) is 25.7 Å². The Morgan fingerprint density at radius 1 is 1.16 bits per heavy atom. The molecule has 7 nitrogen and oxygen atoms in total. The first-order valence-electron chi connectivity index (χ1n) is 8.98. The Kier molecular flexibility index (Phi) is 5.43. The summed E-state index contributed by atoms with van der Waals surface area (Å²) in [6.07, 6.45) is 8.59. The number of rotatable bonds is 4.